The maximum atomic E-state index is 12.5. The van der Waals surface area contributed by atoms with E-state index < -0.39 is 11.9 Å². The maximum absolute atomic E-state index is 12.5. The molecule has 78 valence electrons. The fraction of sp³-hybridized carbons (Fsp3) is 0.625. The number of nitrogens with zero attached hydrogens (tertiary/aromatic N) is 2. The van der Waals surface area contributed by atoms with Crippen LogP contribution in [0.15, 0.2) is 6.20 Å². The highest BCUT2D eigenvalue weighted by molar-refractivity contribution is 5.42. The van der Waals surface area contributed by atoms with E-state index >= 15 is 0 Å². The highest BCUT2D eigenvalue weighted by Gasteiger charge is 2.38. The summed E-state index contributed by atoms with van der Waals surface area (Å²) in [6.45, 7) is 0.325. The zero-order chi connectivity index (χ0) is 10.3. The average molecular weight is 205 g/mol. The maximum Gasteiger partial charge on any atom is 0.435 e. The van der Waals surface area contributed by atoms with Crippen LogP contribution in [0.4, 0.5) is 18.9 Å². The van der Waals surface area contributed by atoms with Crippen LogP contribution in [-0.2, 0) is 12.7 Å². The van der Waals surface area contributed by atoms with Gasteiger partial charge in [0.25, 0.3) is 0 Å². The van der Waals surface area contributed by atoms with Crippen LogP contribution in [0.5, 0.6) is 0 Å². The minimum atomic E-state index is -4.41. The van der Waals surface area contributed by atoms with Crippen molar-refractivity contribution in [2.75, 3.05) is 5.73 Å². The second-order valence-corrected chi connectivity index (χ2v) is 3.57. The summed E-state index contributed by atoms with van der Waals surface area (Å²) in [7, 11) is 0. The molecule has 2 N–H and O–H groups in total. The third-order valence-electron chi connectivity index (χ3n) is 2.26. The molecule has 0 aromatic carbocycles. The van der Waals surface area contributed by atoms with Gasteiger partial charge in [0, 0.05) is 6.54 Å². The molecule has 1 aromatic rings. The van der Waals surface area contributed by atoms with Gasteiger partial charge in [-0.05, 0) is 18.8 Å². The Hall–Kier alpha value is -1.20. The molecular weight excluding hydrogens is 195 g/mol. The van der Waals surface area contributed by atoms with E-state index in [1.807, 2.05) is 0 Å². The van der Waals surface area contributed by atoms with Gasteiger partial charge in [-0.3, -0.25) is 4.68 Å². The number of hydrogen-bond donors (Lipinski definition) is 1. The van der Waals surface area contributed by atoms with Gasteiger partial charge in [-0.2, -0.15) is 18.3 Å². The van der Waals surface area contributed by atoms with Crippen LogP contribution >= 0.6 is 0 Å². The lowest BCUT2D eigenvalue weighted by molar-refractivity contribution is -0.143. The smallest absolute Gasteiger partial charge is 0.396 e. The van der Waals surface area contributed by atoms with Crippen LogP contribution in [0.2, 0.25) is 0 Å². The van der Waals surface area contributed by atoms with E-state index in [9.17, 15) is 13.2 Å². The van der Waals surface area contributed by atoms with Gasteiger partial charge in [0.15, 0.2) is 5.69 Å². The Morgan fingerprint density at radius 1 is 1.50 bits per heavy atom. The lowest BCUT2D eigenvalue weighted by Gasteiger charge is -2.10. The molecule has 0 aliphatic heterocycles. The summed E-state index contributed by atoms with van der Waals surface area (Å²) < 4.78 is 38.4. The first-order valence-electron chi connectivity index (χ1n) is 4.37. The van der Waals surface area contributed by atoms with Crippen molar-refractivity contribution in [3.8, 4) is 0 Å². The van der Waals surface area contributed by atoms with Crippen LogP contribution in [0.1, 0.15) is 18.5 Å². The minimum Gasteiger partial charge on any atom is -0.396 e. The Morgan fingerprint density at radius 2 is 2.14 bits per heavy atom. The predicted octanol–water partition coefficient (Wildman–Crippen LogP) is 1.89. The summed E-state index contributed by atoms with van der Waals surface area (Å²) in [5.74, 6) is 0.343. The van der Waals surface area contributed by atoms with Crippen molar-refractivity contribution in [3.63, 3.8) is 0 Å². The van der Waals surface area contributed by atoms with E-state index in [1.54, 1.807) is 0 Å². The standard InChI is InChI=1S/C8H10F3N3/c9-8(10,11)7-6(12)3-13-14(7)4-5-1-2-5/h3,5H,1-2,4,12H2. The van der Waals surface area contributed by atoms with Crippen molar-refractivity contribution in [1.29, 1.82) is 0 Å². The topological polar surface area (TPSA) is 43.8 Å². The number of rotatable bonds is 2. The lowest BCUT2D eigenvalue weighted by atomic mass is 10.3. The van der Waals surface area contributed by atoms with E-state index in [4.69, 9.17) is 5.73 Å². The van der Waals surface area contributed by atoms with E-state index in [0.717, 1.165) is 23.7 Å². The quantitative estimate of drug-likeness (QED) is 0.801. The summed E-state index contributed by atoms with van der Waals surface area (Å²) in [4.78, 5) is 0. The Balaban J connectivity index is 2.29. The summed E-state index contributed by atoms with van der Waals surface area (Å²) in [5.41, 5.74) is 4.11. The molecule has 0 spiro atoms. The first-order valence-corrected chi connectivity index (χ1v) is 4.37. The van der Waals surface area contributed by atoms with Crippen molar-refractivity contribution in [1.82, 2.24) is 9.78 Å². The van der Waals surface area contributed by atoms with Crippen LogP contribution < -0.4 is 5.73 Å². The molecule has 3 nitrogen and oxygen atoms in total. The average Bonchev–Trinajstić information content (AvgIpc) is 2.74. The number of nitrogens with two attached hydrogens (primary N) is 1. The third kappa shape index (κ3) is 1.69. The molecule has 6 heteroatoms. The summed E-state index contributed by atoms with van der Waals surface area (Å²) >= 11 is 0. The SMILES string of the molecule is Nc1cnn(CC2CC2)c1C(F)(F)F. The van der Waals surface area contributed by atoms with Gasteiger partial charge < -0.3 is 5.73 Å². The number of halogens is 3. The number of alkyl halides is 3. The van der Waals surface area contributed by atoms with Gasteiger partial charge >= 0.3 is 6.18 Å². The molecule has 0 bridgehead atoms. The summed E-state index contributed by atoms with van der Waals surface area (Å²) in [6, 6.07) is 0. The first-order chi connectivity index (χ1) is 6.48. The lowest BCUT2D eigenvalue weighted by Crippen LogP contribution is -2.17. The molecule has 1 aromatic heterocycles. The molecule has 0 amide bonds. The zero-order valence-electron chi connectivity index (χ0n) is 7.38. The first kappa shape index (κ1) is 9.36. The van der Waals surface area contributed by atoms with Gasteiger partial charge in [0.2, 0.25) is 0 Å². The number of hydrogen-bond acceptors (Lipinski definition) is 2. The Labute approximate surface area is 78.7 Å². The molecule has 1 aliphatic carbocycles. The third-order valence-corrected chi connectivity index (χ3v) is 2.26. The van der Waals surface area contributed by atoms with Crippen molar-refractivity contribution in [2.24, 2.45) is 5.92 Å². The fourth-order valence-corrected chi connectivity index (χ4v) is 1.39. The number of aromatic nitrogens is 2. The highest BCUT2D eigenvalue weighted by Crippen LogP contribution is 2.36. The Morgan fingerprint density at radius 3 is 2.64 bits per heavy atom. The van der Waals surface area contributed by atoms with Crippen LogP contribution in [0, 0.1) is 5.92 Å². The molecule has 14 heavy (non-hydrogen) atoms. The molecule has 1 aliphatic rings. The van der Waals surface area contributed by atoms with Gasteiger partial charge in [0.05, 0.1) is 11.9 Å². The van der Waals surface area contributed by atoms with E-state index in [2.05, 4.69) is 5.10 Å². The highest BCUT2D eigenvalue weighted by atomic mass is 19.4. The van der Waals surface area contributed by atoms with Crippen molar-refractivity contribution in [3.05, 3.63) is 11.9 Å². The van der Waals surface area contributed by atoms with Gasteiger partial charge in [0.1, 0.15) is 0 Å². The largest absolute Gasteiger partial charge is 0.435 e. The van der Waals surface area contributed by atoms with E-state index in [1.165, 1.54) is 0 Å². The summed E-state index contributed by atoms with van der Waals surface area (Å²) in [6.07, 6.45) is -1.38. The molecule has 0 unspecified atom stereocenters. The molecule has 1 fully saturated rings. The molecule has 1 heterocycles. The number of anilines is 1. The van der Waals surface area contributed by atoms with Crippen molar-refractivity contribution < 1.29 is 13.2 Å². The Kier molecular flexibility index (Phi) is 1.94. The van der Waals surface area contributed by atoms with Crippen molar-refractivity contribution in [2.45, 2.75) is 25.6 Å². The fourth-order valence-electron chi connectivity index (χ4n) is 1.39. The predicted molar refractivity (Wildman–Crippen MR) is 44.4 cm³/mol. The molecule has 1 saturated carbocycles. The minimum absolute atomic E-state index is 0.293. The summed E-state index contributed by atoms with van der Waals surface area (Å²) in [5, 5.41) is 3.63. The molecular formula is C8H10F3N3. The van der Waals surface area contributed by atoms with Gasteiger partial charge in [-0.25, -0.2) is 0 Å². The van der Waals surface area contributed by atoms with Gasteiger partial charge in [-0.15, -0.1) is 0 Å². The molecule has 2 rings (SSSR count). The second-order valence-electron chi connectivity index (χ2n) is 3.57. The van der Waals surface area contributed by atoms with Gasteiger partial charge in [-0.1, -0.05) is 0 Å². The van der Waals surface area contributed by atoms with Crippen LogP contribution in [0.3, 0.4) is 0 Å². The van der Waals surface area contributed by atoms with E-state index in [0.29, 0.717) is 12.5 Å². The normalized spacial score (nSPS) is 17.4. The molecule has 0 atom stereocenters. The zero-order valence-corrected chi connectivity index (χ0v) is 7.38. The number of nitrogen functional groups attached to an aromatic ring is 1. The Bertz CT molecular complexity index is 338. The molecule has 0 radical (unpaired) electrons. The van der Waals surface area contributed by atoms with Crippen LogP contribution in [-0.4, -0.2) is 9.78 Å². The van der Waals surface area contributed by atoms with E-state index in [-0.39, 0.29) is 5.69 Å². The van der Waals surface area contributed by atoms with Crippen LogP contribution in [0.25, 0.3) is 0 Å². The van der Waals surface area contributed by atoms with Crippen molar-refractivity contribution >= 4 is 5.69 Å². The second kappa shape index (κ2) is 2.90. The molecule has 0 saturated heterocycles. The monoisotopic (exact) mass is 205 g/mol.